The highest BCUT2D eigenvalue weighted by Gasteiger charge is 2.16. The molecule has 1 N–H and O–H groups in total. The van der Waals surface area contributed by atoms with Gasteiger partial charge < -0.3 is 19.7 Å². The summed E-state index contributed by atoms with van der Waals surface area (Å²) in [6.07, 6.45) is 1.77. The maximum atomic E-state index is 11.5. The standard InChI is InChI=1S/C14H24N2O5/c1-6-15-14(19)16(5)11(4)9-20-12(17)7-8-13(18)21-10(2)3/h7-8,10-11H,6,9H2,1-5H3,(H,15,19)/b8-7+/t11-/m1/s1. The molecule has 0 aromatic carbocycles. The van der Waals surface area contributed by atoms with E-state index in [0.29, 0.717) is 6.54 Å². The van der Waals surface area contributed by atoms with Crippen molar-refractivity contribution in [1.82, 2.24) is 10.2 Å². The topological polar surface area (TPSA) is 84.9 Å². The third-order valence-electron chi connectivity index (χ3n) is 2.48. The minimum absolute atomic E-state index is 0.0377. The lowest BCUT2D eigenvalue weighted by molar-refractivity contribution is -0.143. The van der Waals surface area contributed by atoms with Gasteiger partial charge in [-0.25, -0.2) is 14.4 Å². The fourth-order valence-corrected chi connectivity index (χ4v) is 1.25. The van der Waals surface area contributed by atoms with Crippen molar-refractivity contribution in [3.8, 4) is 0 Å². The van der Waals surface area contributed by atoms with Crippen LogP contribution in [-0.4, -0.2) is 55.2 Å². The monoisotopic (exact) mass is 300 g/mol. The number of carbonyl (C=O) groups is 3. The van der Waals surface area contributed by atoms with Crippen LogP contribution in [-0.2, 0) is 19.1 Å². The van der Waals surface area contributed by atoms with E-state index in [-0.39, 0.29) is 24.8 Å². The van der Waals surface area contributed by atoms with Gasteiger partial charge in [0.05, 0.1) is 12.1 Å². The van der Waals surface area contributed by atoms with Gasteiger partial charge in [-0.15, -0.1) is 0 Å². The Hall–Kier alpha value is -2.05. The smallest absolute Gasteiger partial charge is 0.331 e. The van der Waals surface area contributed by atoms with Crippen molar-refractivity contribution in [1.29, 1.82) is 0 Å². The Labute approximate surface area is 125 Å². The Kier molecular flexibility index (Phi) is 8.84. The minimum atomic E-state index is -0.660. The lowest BCUT2D eigenvalue weighted by Gasteiger charge is -2.24. The molecule has 1 atom stereocenters. The second kappa shape index (κ2) is 9.79. The number of ether oxygens (including phenoxy) is 2. The SMILES string of the molecule is CCNC(=O)N(C)[C@H](C)COC(=O)/C=C/C(=O)OC(C)C. The van der Waals surface area contributed by atoms with Crippen molar-refractivity contribution in [2.24, 2.45) is 0 Å². The van der Waals surface area contributed by atoms with Gasteiger partial charge in [-0.1, -0.05) is 0 Å². The Morgan fingerprint density at radius 3 is 2.24 bits per heavy atom. The van der Waals surface area contributed by atoms with Crippen molar-refractivity contribution in [3.05, 3.63) is 12.2 Å². The van der Waals surface area contributed by atoms with E-state index in [2.05, 4.69) is 5.32 Å². The molecule has 0 radical (unpaired) electrons. The molecule has 0 saturated heterocycles. The highest BCUT2D eigenvalue weighted by atomic mass is 16.5. The Morgan fingerprint density at radius 2 is 1.71 bits per heavy atom. The summed E-state index contributed by atoms with van der Waals surface area (Å²) >= 11 is 0. The number of amides is 2. The number of esters is 2. The van der Waals surface area contributed by atoms with Crippen LogP contribution in [0.2, 0.25) is 0 Å². The van der Waals surface area contributed by atoms with Gasteiger partial charge in [-0.05, 0) is 27.7 Å². The molecule has 0 unspecified atom stereocenters. The van der Waals surface area contributed by atoms with Crippen LogP contribution in [0, 0.1) is 0 Å². The first-order valence-corrected chi connectivity index (χ1v) is 6.84. The van der Waals surface area contributed by atoms with Crippen molar-refractivity contribution < 1.29 is 23.9 Å². The molecule has 21 heavy (non-hydrogen) atoms. The van der Waals surface area contributed by atoms with Gasteiger partial charge in [-0.3, -0.25) is 0 Å². The predicted octanol–water partition coefficient (Wildman–Crippen LogP) is 1.09. The van der Waals surface area contributed by atoms with Crippen LogP contribution >= 0.6 is 0 Å². The minimum Gasteiger partial charge on any atom is -0.460 e. The molecule has 2 amide bonds. The molecule has 0 aliphatic carbocycles. The Balaban J connectivity index is 4.15. The third-order valence-corrected chi connectivity index (χ3v) is 2.48. The quantitative estimate of drug-likeness (QED) is 0.562. The fraction of sp³-hybridized carbons (Fsp3) is 0.643. The second-order valence-corrected chi connectivity index (χ2v) is 4.74. The summed E-state index contributed by atoms with van der Waals surface area (Å²) in [7, 11) is 1.61. The van der Waals surface area contributed by atoms with Crippen molar-refractivity contribution in [3.63, 3.8) is 0 Å². The third kappa shape index (κ3) is 8.67. The van der Waals surface area contributed by atoms with Crippen LogP contribution in [0.1, 0.15) is 27.7 Å². The molecule has 7 heteroatoms. The summed E-state index contributed by atoms with van der Waals surface area (Å²) in [6, 6.07) is -0.520. The summed E-state index contributed by atoms with van der Waals surface area (Å²) in [4.78, 5) is 35.6. The number of rotatable bonds is 7. The normalized spacial score (nSPS) is 12.1. The molecular weight excluding hydrogens is 276 g/mol. The maximum absolute atomic E-state index is 11.5. The number of nitrogens with zero attached hydrogens (tertiary/aromatic N) is 1. The van der Waals surface area contributed by atoms with E-state index < -0.39 is 11.9 Å². The van der Waals surface area contributed by atoms with Crippen LogP contribution in [0.3, 0.4) is 0 Å². The van der Waals surface area contributed by atoms with Gasteiger partial charge in [-0.2, -0.15) is 0 Å². The fourth-order valence-electron chi connectivity index (χ4n) is 1.25. The van der Waals surface area contributed by atoms with Gasteiger partial charge >= 0.3 is 18.0 Å². The second-order valence-electron chi connectivity index (χ2n) is 4.74. The Bertz CT molecular complexity index is 393. The van der Waals surface area contributed by atoms with Gasteiger partial charge in [0.2, 0.25) is 0 Å². The predicted molar refractivity (Wildman–Crippen MR) is 77.6 cm³/mol. The number of carbonyl (C=O) groups excluding carboxylic acids is 3. The largest absolute Gasteiger partial charge is 0.460 e. The molecular formula is C14H24N2O5. The lowest BCUT2D eigenvalue weighted by atomic mass is 10.3. The summed E-state index contributed by atoms with van der Waals surface area (Å²) < 4.78 is 9.78. The van der Waals surface area contributed by atoms with E-state index in [0.717, 1.165) is 12.2 Å². The molecule has 0 aromatic rings. The first-order valence-electron chi connectivity index (χ1n) is 6.84. The number of urea groups is 1. The van der Waals surface area contributed by atoms with E-state index in [1.165, 1.54) is 4.90 Å². The molecule has 0 aliphatic heterocycles. The number of nitrogens with one attached hydrogen (secondary N) is 1. The highest BCUT2D eigenvalue weighted by Crippen LogP contribution is 1.98. The molecule has 0 heterocycles. The van der Waals surface area contributed by atoms with Crippen molar-refractivity contribution in [2.45, 2.75) is 39.8 Å². The van der Waals surface area contributed by atoms with Crippen molar-refractivity contribution >= 4 is 18.0 Å². The number of likely N-dealkylation sites (N-methyl/N-ethyl adjacent to an activating group) is 1. The average Bonchev–Trinajstić information content (AvgIpc) is 2.41. The number of hydrogen-bond donors (Lipinski definition) is 1. The van der Waals surface area contributed by atoms with E-state index >= 15 is 0 Å². The lowest BCUT2D eigenvalue weighted by Crippen LogP contribution is -2.44. The van der Waals surface area contributed by atoms with Gasteiger partial charge in [0.1, 0.15) is 6.61 Å². The zero-order valence-corrected chi connectivity index (χ0v) is 13.2. The molecule has 0 spiro atoms. The van der Waals surface area contributed by atoms with Crippen LogP contribution in [0.5, 0.6) is 0 Å². The molecule has 7 nitrogen and oxygen atoms in total. The van der Waals surface area contributed by atoms with Crippen LogP contribution < -0.4 is 5.32 Å². The summed E-state index contributed by atoms with van der Waals surface area (Å²) in [5, 5.41) is 2.64. The molecule has 0 bridgehead atoms. The van der Waals surface area contributed by atoms with Crippen molar-refractivity contribution in [2.75, 3.05) is 20.2 Å². The molecule has 0 aliphatic rings. The summed E-state index contributed by atoms with van der Waals surface area (Å²) in [5.41, 5.74) is 0. The van der Waals surface area contributed by atoms with Crippen LogP contribution in [0.25, 0.3) is 0 Å². The summed E-state index contributed by atoms with van der Waals surface area (Å²) in [5.74, 6) is -1.26. The van der Waals surface area contributed by atoms with E-state index in [4.69, 9.17) is 9.47 Å². The molecule has 0 fully saturated rings. The van der Waals surface area contributed by atoms with Crippen LogP contribution in [0.15, 0.2) is 12.2 Å². The molecule has 120 valence electrons. The summed E-state index contributed by atoms with van der Waals surface area (Å²) in [6.45, 7) is 7.55. The maximum Gasteiger partial charge on any atom is 0.331 e. The van der Waals surface area contributed by atoms with Crippen LogP contribution in [0.4, 0.5) is 4.79 Å². The van der Waals surface area contributed by atoms with E-state index in [1.54, 1.807) is 27.8 Å². The zero-order chi connectivity index (χ0) is 16.4. The van der Waals surface area contributed by atoms with Gasteiger partial charge in [0.25, 0.3) is 0 Å². The first kappa shape index (κ1) is 18.9. The highest BCUT2D eigenvalue weighted by molar-refractivity contribution is 5.91. The zero-order valence-electron chi connectivity index (χ0n) is 13.2. The molecule has 0 rings (SSSR count). The van der Waals surface area contributed by atoms with Gasteiger partial charge in [0.15, 0.2) is 0 Å². The van der Waals surface area contributed by atoms with E-state index in [1.807, 2.05) is 6.92 Å². The average molecular weight is 300 g/mol. The molecule has 0 aromatic heterocycles. The molecule has 0 saturated carbocycles. The van der Waals surface area contributed by atoms with E-state index in [9.17, 15) is 14.4 Å². The first-order chi connectivity index (χ1) is 9.77. The van der Waals surface area contributed by atoms with Gasteiger partial charge in [0, 0.05) is 25.7 Å². The number of hydrogen-bond acceptors (Lipinski definition) is 5. The Morgan fingerprint density at radius 1 is 1.14 bits per heavy atom.